The Kier molecular flexibility index (Phi) is 7.05. The molecule has 5 heteroatoms. The van der Waals surface area contributed by atoms with Crippen LogP contribution in [-0.4, -0.2) is 52.1 Å². The smallest absolute Gasteiger partial charge is 0.241 e. The molecule has 0 aliphatic carbocycles. The van der Waals surface area contributed by atoms with Crippen LogP contribution in [-0.2, 0) is 4.79 Å². The van der Waals surface area contributed by atoms with Crippen molar-refractivity contribution in [3.63, 3.8) is 0 Å². The second-order valence-corrected chi connectivity index (χ2v) is 8.28. The standard InChI is InChI=1S/C15H28N2OS2/c1-3-5-7-13-15(18)17(14(16-13)6-4-2)10-12-11-19-8-9-20-12/h12-14,16H,3-11H2,1-2H3. The second kappa shape index (κ2) is 8.54. The number of nitrogens with one attached hydrogen (secondary N) is 1. The van der Waals surface area contributed by atoms with E-state index in [9.17, 15) is 4.79 Å². The molecule has 2 saturated heterocycles. The summed E-state index contributed by atoms with van der Waals surface area (Å²) in [4.78, 5) is 14.8. The zero-order valence-corrected chi connectivity index (χ0v) is 14.4. The van der Waals surface area contributed by atoms with Gasteiger partial charge in [0.05, 0.1) is 12.2 Å². The van der Waals surface area contributed by atoms with Crippen molar-refractivity contribution >= 4 is 29.4 Å². The molecule has 0 saturated carbocycles. The number of nitrogens with zero attached hydrogens (tertiary/aromatic N) is 1. The van der Waals surface area contributed by atoms with Crippen molar-refractivity contribution in [2.24, 2.45) is 0 Å². The second-order valence-electron chi connectivity index (χ2n) is 5.72. The van der Waals surface area contributed by atoms with Crippen LogP contribution in [0.3, 0.4) is 0 Å². The minimum absolute atomic E-state index is 0.0766. The molecular weight excluding hydrogens is 288 g/mol. The van der Waals surface area contributed by atoms with E-state index in [2.05, 4.69) is 24.1 Å². The molecule has 0 radical (unpaired) electrons. The van der Waals surface area contributed by atoms with Gasteiger partial charge in [-0.05, 0) is 12.8 Å². The van der Waals surface area contributed by atoms with Gasteiger partial charge in [0, 0.05) is 29.1 Å². The van der Waals surface area contributed by atoms with Gasteiger partial charge >= 0.3 is 0 Å². The number of carbonyl (C=O) groups excluding carboxylic acids is 1. The third-order valence-electron chi connectivity index (χ3n) is 4.04. The van der Waals surface area contributed by atoms with Crippen molar-refractivity contribution < 1.29 is 4.79 Å². The van der Waals surface area contributed by atoms with E-state index in [1.54, 1.807) is 0 Å². The Bertz CT molecular complexity index is 308. The van der Waals surface area contributed by atoms with Gasteiger partial charge in [-0.15, -0.1) is 0 Å². The van der Waals surface area contributed by atoms with Crippen LogP contribution in [0, 0.1) is 0 Å². The van der Waals surface area contributed by atoms with E-state index in [-0.39, 0.29) is 12.2 Å². The van der Waals surface area contributed by atoms with Crippen molar-refractivity contribution in [1.82, 2.24) is 10.2 Å². The van der Waals surface area contributed by atoms with Crippen LogP contribution in [0.4, 0.5) is 0 Å². The van der Waals surface area contributed by atoms with E-state index >= 15 is 0 Å². The molecule has 2 heterocycles. The summed E-state index contributed by atoms with van der Waals surface area (Å²) >= 11 is 4.09. The van der Waals surface area contributed by atoms with Gasteiger partial charge in [-0.3, -0.25) is 10.1 Å². The van der Waals surface area contributed by atoms with Gasteiger partial charge in [-0.25, -0.2) is 0 Å². The normalized spacial score (nSPS) is 31.0. The number of carbonyl (C=O) groups is 1. The average molecular weight is 317 g/mol. The summed E-state index contributed by atoms with van der Waals surface area (Å²) in [5.41, 5.74) is 0. The Morgan fingerprint density at radius 2 is 2.10 bits per heavy atom. The Labute approximate surface area is 132 Å². The number of amides is 1. The fourth-order valence-electron chi connectivity index (χ4n) is 2.95. The highest BCUT2D eigenvalue weighted by atomic mass is 32.2. The van der Waals surface area contributed by atoms with Gasteiger partial charge in [-0.2, -0.15) is 23.5 Å². The average Bonchev–Trinajstić information content (AvgIpc) is 2.75. The predicted molar refractivity (Wildman–Crippen MR) is 90.4 cm³/mol. The van der Waals surface area contributed by atoms with Crippen molar-refractivity contribution in [2.75, 3.05) is 23.8 Å². The monoisotopic (exact) mass is 316 g/mol. The quantitative estimate of drug-likeness (QED) is 0.783. The minimum Gasteiger partial charge on any atom is -0.325 e. The third kappa shape index (κ3) is 4.31. The molecule has 0 bridgehead atoms. The predicted octanol–water partition coefficient (Wildman–Crippen LogP) is 2.95. The molecule has 0 aromatic rings. The van der Waals surface area contributed by atoms with E-state index < -0.39 is 0 Å². The molecule has 2 aliphatic rings. The van der Waals surface area contributed by atoms with Crippen molar-refractivity contribution in [1.29, 1.82) is 0 Å². The van der Waals surface area contributed by atoms with Gasteiger partial charge in [-0.1, -0.05) is 33.1 Å². The summed E-state index contributed by atoms with van der Waals surface area (Å²) in [6.07, 6.45) is 5.80. The Hall–Kier alpha value is 0.130. The molecule has 3 atom stereocenters. The first-order chi connectivity index (χ1) is 9.76. The lowest BCUT2D eigenvalue weighted by Crippen LogP contribution is -2.42. The van der Waals surface area contributed by atoms with Crippen LogP contribution in [0.2, 0.25) is 0 Å². The van der Waals surface area contributed by atoms with E-state index in [1.807, 2.05) is 23.5 Å². The number of hydrogen-bond acceptors (Lipinski definition) is 4. The Balaban J connectivity index is 1.93. The Morgan fingerprint density at radius 1 is 1.25 bits per heavy atom. The lowest BCUT2D eigenvalue weighted by Gasteiger charge is -2.30. The highest BCUT2D eigenvalue weighted by Crippen LogP contribution is 2.27. The maximum absolute atomic E-state index is 12.6. The van der Waals surface area contributed by atoms with E-state index in [0.717, 1.165) is 32.2 Å². The molecule has 2 aliphatic heterocycles. The topological polar surface area (TPSA) is 32.3 Å². The van der Waals surface area contributed by atoms with Gasteiger partial charge in [0.2, 0.25) is 5.91 Å². The molecule has 20 heavy (non-hydrogen) atoms. The van der Waals surface area contributed by atoms with Crippen LogP contribution in [0.15, 0.2) is 0 Å². The minimum atomic E-state index is 0.0766. The zero-order chi connectivity index (χ0) is 14.4. The van der Waals surface area contributed by atoms with Crippen molar-refractivity contribution in [3.05, 3.63) is 0 Å². The summed E-state index contributed by atoms with van der Waals surface area (Å²) in [7, 11) is 0. The first-order valence-corrected chi connectivity index (χ1v) is 10.2. The van der Waals surface area contributed by atoms with Gasteiger partial charge in [0.25, 0.3) is 0 Å². The third-order valence-corrected chi connectivity index (χ3v) is 6.87. The molecule has 3 unspecified atom stereocenters. The molecule has 2 rings (SSSR count). The maximum atomic E-state index is 12.6. The molecule has 0 spiro atoms. The summed E-state index contributed by atoms with van der Waals surface area (Å²) in [6, 6.07) is 0.0766. The molecule has 116 valence electrons. The van der Waals surface area contributed by atoms with Gasteiger partial charge < -0.3 is 4.90 Å². The fourth-order valence-corrected chi connectivity index (χ4v) is 5.62. The number of unbranched alkanes of at least 4 members (excludes halogenated alkanes) is 1. The molecular formula is C15H28N2OS2. The van der Waals surface area contributed by atoms with E-state index in [0.29, 0.717) is 11.2 Å². The first-order valence-electron chi connectivity index (χ1n) is 8.02. The lowest BCUT2D eigenvalue weighted by atomic mass is 10.1. The van der Waals surface area contributed by atoms with Crippen LogP contribution in [0.1, 0.15) is 46.0 Å². The largest absolute Gasteiger partial charge is 0.325 e. The highest BCUT2D eigenvalue weighted by molar-refractivity contribution is 8.06. The maximum Gasteiger partial charge on any atom is 0.241 e. The van der Waals surface area contributed by atoms with Crippen molar-refractivity contribution in [2.45, 2.75) is 63.4 Å². The molecule has 1 amide bonds. The molecule has 0 aromatic carbocycles. The summed E-state index contributed by atoms with van der Waals surface area (Å²) < 4.78 is 0. The summed E-state index contributed by atoms with van der Waals surface area (Å²) in [5.74, 6) is 4.06. The molecule has 1 N–H and O–H groups in total. The van der Waals surface area contributed by atoms with E-state index in [1.165, 1.54) is 23.7 Å². The number of thioether (sulfide) groups is 2. The van der Waals surface area contributed by atoms with Crippen LogP contribution >= 0.6 is 23.5 Å². The SMILES string of the molecule is CCCCC1NC(CCC)N(CC2CSCCS2)C1=O. The van der Waals surface area contributed by atoms with Crippen LogP contribution in [0.25, 0.3) is 0 Å². The van der Waals surface area contributed by atoms with Crippen molar-refractivity contribution in [3.8, 4) is 0 Å². The molecule has 0 aromatic heterocycles. The molecule has 3 nitrogen and oxygen atoms in total. The van der Waals surface area contributed by atoms with Crippen LogP contribution in [0.5, 0.6) is 0 Å². The zero-order valence-electron chi connectivity index (χ0n) is 12.8. The van der Waals surface area contributed by atoms with Gasteiger partial charge in [0.1, 0.15) is 0 Å². The number of hydrogen-bond donors (Lipinski definition) is 1. The highest BCUT2D eigenvalue weighted by Gasteiger charge is 2.38. The molecule has 2 fully saturated rings. The fraction of sp³-hybridized carbons (Fsp3) is 0.933. The summed E-state index contributed by atoms with van der Waals surface area (Å²) in [6.45, 7) is 5.34. The summed E-state index contributed by atoms with van der Waals surface area (Å²) in [5, 5.41) is 4.20. The lowest BCUT2D eigenvalue weighted by molar-refractivity contribution is -0.130. The number of rotatable bonds is 7. The van der Waals surface area contributed by atoms with E-state index in [4.69, 9.17) is 0 Å². The first kappa shape index (κ1) is 16.5. The van der Waals surface area contributed by atoms with Gasteiger partial charge in [0.15, 0.2) is 0 Å². The Morgan fingerprint density at radius 3 is 2.75 bits per heavy atom. The van der Waals surface area contributed by atoms with Crippen LogP contribution < -0.4 is 5.32 Å².